The highest BCUT2D eigenvalue weighted by atomic mass is 16.5. The largest absolute Gasteiger partial charge is 0.479 e. The summed E-state index contributed by atoms with van der Waals surface area (Å²) >= 11 is 0. The van der Waals surface area contributed by atoms with Gasteiger partial charge < -0.3 is 15.2 Å². The summed E-state index contributed by atoms with van der Waals surface area (Å²) in [4.78, 5) is 15.5. The van der Waals surface area contributed by atoms with Crippen molar-refractivity contribution in [3.63, 3.8) is 0 Å². The molecule has 1 unspecified atom stereocenters. The average Bonchev–Trinajstić information content (AvgIpc) is 3.18. The predicted molar refractivity (Wildman–Crippen MR) is 71.2 cm³/mol. The monoisotopic (exact) mass is 264 g/mol. The second-order valence-corrected chi connectivity index (χ2v) is 4.91. The molecule has 0 bridgehead atoms. The van der Waals surface area contributed by atoms with E-state index < -0.39 is 12.1 Å². The number of aryl methyl sites for hydroxylation is 1. The number of nitrogens with zero attached hydrogens (tertiary/aromatic N) is 1. The van der Waals surface area contributed by atoms with E-state index in [1.165, 1.54) is 12.8 Å². The maximum atomic E-state index is 11.0. The third-order valence-corrected chi connectivity index (χ3v) is 3.12. The number of aliphatic carboxylic acids is 1. The molecule has 19 heavy (non-hydrogen) atoms. The topological polar surface area (TPSA) is 71.5 Å². The van der Waals surface area contributed by atoms with E-state index in [4.69, 9.17) is 9.84 Å². The van der Waals surface area contributed by atoms with Crippen LogP contribution >= 0.6 is 0 Å². The number of nitrogens with one attached hydrogen (secondary N) is 1. The van der Waals surface area contributed by atoms with Crippen molar-refractivity contribution in [2.24, 2.45) is 0 Å². The Morgan fingerprint density at radius 2 is 2.32 bits per heavy atom. The molecule has 1 aliphatic rings. The van der Waals surface area contributed by atoms with Gasteiger partial charge in [0, 0.05) is 18.3 Å². The minimum Gasteiger partial charge on any atom is -0.479 e. The van der Waals surface area contributed by atoms with Crippen LogP contribution in [-0.2, 0) is 11.3 Å². The molecule has 0 amide bonds. The third-order valence-electron chi connectivity index (χ3n) is 3.12. The number of aromatic nitrogens is 1. The average molecular weight is 264 g/mol. The molecule has 0 saturated heterocycles. The maximum absolute atomic E-state index is 11.0. The molecule has 104 valence electrons. The number of carboxylic acid groups (broad SMARTS) is 1. The lowest BCUT2D eigenvalue weighted by Crippen LogP contribution is -2.27. The van der Waals surface area contributed by atoms with Crippen molar-refractivity contribution in [1.29, 1.82) is 0 Å². The first-order chi connectivity index (χ1) is 9.10. The summed E-state index contributed by atoms with van der Waals surface area (Å²) in [5.74, 6) is -0.378. The molecule has 5 heteroatoms. The molecular formula is C14H20N2O3. The smallest absolute Gasteiger partial charge is 0.344 e. The van der Waals surface area contributed by atoms with Crippen molar-refractivity contribution in [2.75, 3.05) is 0 Å². The quantitative estimate of drug-likeness (QED) is 0.787. The number of hydrogen-bond acceptors (Lipinski definition) is 4. The van der Waals surface area contributed by atoms with E-state index in [1.54, 1.807) is 13.0 Å². The summed E-state index contributed by atoms with van der Waals surface area (Å²) in [7, 11) is 0. The van der Waals surface area contributed by atoms with Gasteiger partial charge in [0.2, 0.25) is 0 Å². The van der Waals surface area contributed by atoms with Crippen molar-refractivity contribution in [3.05, 3.63) is 23.5 Å². The van der Waals surface area contributed by atoms with E-state index in [1.807, 2.05) is 13.0 Å². The van der Waals surface area contributed by atoms with Gasteiger partial charge in [-0.15, -0.1) is 0 Å². The van der Waals surface area contributed by atoms with Crippen molar-refractivity contribution < 1.29 is 14.6 Å². The SMILES string of the molecule is CCC(Oc1ccc(C)nc1CNC1CC1)C(=O)O. The van der Waals surface area contributed by atoms with Crippen LogP contribution in [0.3, 0.4) is 0 Å². The van der Waals surface area contributed by atoms with E-state index in [0.29, 0.717) is 24.8 Å². The molecule has 1 saturated carbocycles. The standard InChI is InChI=1S/C14H20N2O3/c1-3-12(14(17)18)19-13-7-4-9(2)16-11(13)8-15-10-5-6-10/h4,7,10,12,15H,3,5-6,8H2,1-2H3,(H,17,18). The highest BCUT2D eigenvalue weighted by molar-refractivity contribution is 5.72. The minimum absolute atomic E-state index is 0.429. The Morgan fingerprint density at radius 1 is 1.58 bits per heavy atom. The Bertz CT molecular complexity index is 458. The van der Waals surface area contributed by atoms with Crippen LogP contribution < -0.4 is 10.1 Å². The highest BCUT2D eigenvalue weighted by Crippen LogP contribution is 2.23. The van der Waals surface area contributed by atoms with Crippen LogP contribution in [0.4, 0.5) is 0 Å². The molecule has 1 aromatic heterocycles. The molecule has 1 fully saturated rings. The van der Waals surface area contributed by atoms with E-state index in [2.05, 4.69) is 10.3 Å². The second-order valence-electron chi connectivity index (χ2n) is 4.91. The number of carbonyl (C=O) groups is 1. The zero-order valence-electron chi connectivity index (χ0n) is 11.3. The number of ether oxygens (including phenoxy) is 1. The second kappa shape index (κ2) is 6.02. The van der Waals surface area contributed by atoms with Gasteiger partial charge in [0.1, 0.15) is 5.75 Å². The molecule has 0 aromatic carbocycles. The maximum Gasteiger partial charge on any atom is 0.344 e. The fourth-order valence-corrected chi connectivity index (χ4v) is 1.82. The van der Waals surface area contributed by atoms with Crippen LogP contribution in [0, 0.1) is 6.92 Å². The van der Waals surface area contributed by atoms with Crippen molar-refractivity contribution in [3.8, 4) is 5.75 Å². The van der Waals surface area contributed by atoms with Crippen LogP contribution in [-0.4, -0.2) is 28.2 Å². The van der Waals surface area contributed by atoms with E-state index in [0.717, 1.165) is 11.4 Å². The highest BCUT2D eigenvalue weighted by Gasteiger charge is 2.22. The molecule has 0 spiro atoms. The molecule has 2 rings (SSSR count). The summed E-state index contributed by atoms with van der Waals surface area (Å²) < 4.78 is 5.56. The summed E-state index contributed by atoms with van der Waals surface area (Å²) in [6.07, 6.45) is 2.02. The van der Waals surface area contributed by atoms with Gasteiger partial charge in [-0.25, -0.2) is 4.79 Å². The van der Waals surface area contributed by atoms with E-state index >= 15 is 0 Å². The summed E-state index contributed by atoms with van der Waals surface area (Å²) in [5.41, 5.74) is 1.69. The van der Waals surface area contributed by atoms with Gasteiger partial charge in [0.05, 0.1) is 5.69 Å². The molecule has 5 nitrogen and oxygen atoms in total. The van der Waals surface area contributed by atoms with Crippen molar-refractivity contribution >= 4 is 5.97 Å². The molecule has 1 aliphatic carbocycles. The summed E-state index contributed by atoms with van der Waals surface area (Å²) in [5, 5.41) is 12.4. The molecular weight excluding hydrogens is 244 g/mol. The minimum atomic E-state index is -0.941. The fraction of sp³-hybridized carbons (Fsp3) is 0.571. The third kappa shape index (κ3) is 3.92. The van der Waals surface area contributed by atoms with Crippen LogP contribution in [0.5, 0.6) is 5.75 Å². The molecule has 0 aliphatic heterocycles. The first-order valence-corrected chi connectivity index (χ1v) is 6.69. The van der Waals surface area contributed by atoms with Crippen molar-refractivity contribution in [1.82, 2.24) is 10.3 Å². The summed E-state index contributed by atoms with van der Waals surface area (Å²) in [6, 6.07) is 4.22. The zero-order valence-corrected chi connectivity index (χ0v) is 11.3. The first-order valence-electron chi connectivity index (χ1n) is 6.69. The van der Waals surface area contributed by atoms with Crippen molar-refractivity contribution in [2.45, 2.75) is 51.8 Å². The lowest BCUT2D eigenvalue weighted by molar-refractivity contribution is -0.145. The van der Waals surface area contributed by atoms with Crippen LogP contribution in [0.1, 0.15) is 37.6 Å². The predicted octanol–water partition coefficient (Wildman–Crippen LogP) is 1.88. The van der Waals surface area contributed by atoms with Gasteiger partial charge in [-0.3, -0.25) is 4.98 Å². The Kier molecular flexibility index (Phi) is 4.37. The number of carboxylic acids is 1. The summed E-state index contributed by atoms with van der Waals surface area (Å²) in [6.45, 7) is 4.33. The number of rotatable bonds is 7. The Hall–Kier alpha value is -1.62. The Morgan fingerprint density at radius 3 is 2.89 bits per heavy atom. The Labute approximate surface area is 113 Å². The van der Waals surface area contributed by atoms with Gasteiger partial charge in [-0.1, -0.05) is 6.92 Å². The van der Waals surface area contributed by atoms with Crippen LogP contribution in [0.25, 0.3) is 0 Å². The van der Waals surface area contributed by atoms with Gasteiger partial charge in [0.15, 0.2) is 6.10 Å². The molecule has 1 heterocycles. The molecule has 0 radical (unpaired) electrons. The number of pyridine rings is 1. The van der Waals surface area contributed by atoms with Crippen LogP contribution in [0.2, 0.25) is 0 Å². The molecule has 2 N–H and O–H groups in total. The van der Waals surface area contributed by atoms with Gasteiger partial charge in [-0.05, 0) is 38.3 Å². The van der Waals surface area contributed by atoms with Gasteiger partial charge >= 0.3 is 5.97 Å². The lowest BCUT2D eigenvalue weighted by Gasteiger charge is -2.16. The van der Waals surface area contributed by atoms with Crippen LogP contribution in [0.15, 0.2) is 12.1 Å². The van der Waals surface area contributed by atoms with E-state index in [-0.39, 0.29) is 0 Å². The molecule has 1 atom stereocenters. The number of hydrogen-bond donors (Lipinski definition) is 2. The van der Waals surface area contributed by atoms with Gasteiger partial charge in [-0.2, -0.15) is 0 Å². The zero-order chi connectivity index (χ0) is 13.8. The fourth-order valence-electron chi connectivity index (χ4n) is 1.82. The first kappa shape index (κ1) is 13.8. The molecule has 1 aromatic rings. The Balaban J connectivity index is 2.10. The van der Waals surface area contributed by atoms with E-state index in [9.17, 15) is 4.79 Å². The normalized spacial score (nSPS) is 16.1. The lowest BCUT2D eigenvalue weighted by atomic mass is 10.2. The van der Waals surface area contributed by atoms with Gasteiger partial charge in [0.25, 0.3) is 0 Å².